The Labute approximate surface area is 194 Å². The smallest absolute Gasteiger partial charge is 0.224 e. The molecule has 29 heavy (non-hydrogen) atoms. The summed E-state index contributed by atoms with van der Waals surface area (Å²) in [5.41, 5.74) is 1.92. The number of aliphatic imine (C=N–C) groups is 1. The van der Waals surface area contributed by atoms with Gasteiger partial charge in [-0.05, 0) is 51.3 Å². The van der Waals surface area contributed by atoms with Gasteiger partial charge in [-0.3, -0.25) is 14.7 Å². The van der Waals surface area contributed by atoms with Crippen LogP contribution in [-0.2, 0) is 11.3 Å². The number of halogens is 1. The Kier molecular flexibility index (Phi) is 13.9. The maximum atomic E-state index is 12.0. The number of anilines is 1. The number of hydrogen-bond donors (Lipinski definition) is 3. The predicted octanol–water partition coefficient (Wildman–Crippen LogP) is 4.07. The monoisotopic (exact) mass is 517 g/mol. The molecule has 3 N–H and O–H groups in total. The van der Waals surface area contributed by atoms with Crippen LogP contribution in [0.1, 0.15) is 53.5 Å². The summed E-state index contributed by atoms with van der Waals surface area (Å²) in [6, 6.07) is 8.95. The van der Waals surface area contributed by atoms with Crippen LogP contribution in [0.2, 0.25) is 0 Å². The van der Waals surface area contributed by atoms with Crippen LogP contribution in [0, 0.1) is 5.92 Å². The highest BCUT2D eigenvalue weighted by molar-refractivity contribution is 14.0. The molecular formula is C22H40IN5O. The second-order valence-electron chi connectivity index (χ2n) is 8.12. The largest absolute Gasteiger partial charge is 0.355 e. The molecule has 166 valence electrons. The Bertz CT molecular complexity index is 623. The molecule has 1 aromatic rings. The van der Waals surface area contributed by atoms with Gasteiger partial charge >= 0.3 is 0 Å². The van der Waals surface area contributed by atoms with Crippen molar-refractivity contribution in [2.24, 2.45) is 10.9 Å². The van der Waals surface area contributed by atoms with Crippen molar-refractivity contribution < 1.29 is 4.79 Å². The first-order valence-electron chi connectivity index (χ1n) is 10.3. The number of guanidine groups is 1. The van der Waals surface area contributed by atoms with Crippen molar-refractivity contribution >= 4 is 41.5 Å². The molecule has 0 saturated carbocycles. The Balaban J connectivity index is 0.00000784. The van der Waals surface area contributed by atoms with E-state index in [9.17, 15) is 4.79 Å². The average molecular weight is 518 g/mol. The van der Waals surface area contributed by atoms with Crippen LogP contribution in [0.3, 0.4) is 0 Å². The topological polar surface area (TPSA) is 68.8 Å². The zero-order chi connectivity index (χ0) is 21.1. The molecule has 0 unspecified atom stereocenters. The third-order valence-corrected chi connectivity index (χ3v) is 4.48. The maximum Gasteiger partial charge on any atom is 0.224 e. The van der Waals surface area contributed by atoms with E-state index in [-0.39, 0.29) is 29.9 Å². The van der Waals surface area contributed by atoms with Gasteiger partial charge in [0.2, 0.25) is 5.91 Å². The summed E-state index contributed by atoms with van der Waals surface area (Å²) in [6.45, 7) is 15.4. The summed E-state index contributed by atoms with van der Waals surface area (Å²) < 4.78 is 0. The molecule has 0 aliphatic carbocycles. The predicted molar refractivity (Wildman–Crippen MR) is 135 cm³/mol. The number of nitrogens with one attached hydrogen (secondary N) is 3. The minimum atomic E-state index is 0. The summed E-state index contributed by atoms with van der Waals surface area (Å²) in [6.07, 6.45) is 0.531. The van der Waals surface area contributed by atoms with E-state index >= 15 is 0 Å². The number of benzene rings is 1. The highest BCUT2D eigenvalue weighted by Gasteiger charge is 2.12. The van der Waals surface area contributed by atoms with E-state index in [1.165, 1.54) is 0 Å². The molecule has 0 heterocycles. The molecule has 6 nitrogen and oxygen atoms in total. The second kappa shape index (κ2) is 14.6. The normalized spacial score (nSPS) is 11.8. The molecule has 1 amide bonds. The maximum absolute atomic E-state index is 12.0. The lowest BCUT2D eigenvalue weighted by Gasteiger charge is -2.30. The third kappa shape index (κ3) is 11.4. The summed E-state index contributed by atoms with van der Waals surface area (Å²) in [4.78, 5) is 18.7. The Hall–Kier alpha value is -1.35. The Morgan fingerprint density at radius 1 is 1.07 bits per heavy atom. The Morgan fingerprint density at radius 3 is 2.28 bits per heavy atom. The highest BCUT2D eigenvalue weighted by atomic mass is 127. The summed E-state index contributed by atoms with van der Waals surface area (Å²) in [7, 11) is 1.78. The van der Waals surface area contributed by atoms with Gasteiger partial charge < -0.3 is 16.0 Å². The molecular weight excluding hydrogens is 477 g/mol. The van der Waals surface area contributed by atoms with Crippen molar-refractivity contribution in [1.29, 1.82) is 0 Å². The molecule has 0 aromatic heterocycles. The molecule has 0 aliphatic heterocycles. The van der Waals surface area contributed by atoms with Crippen molar-refractivity contribution in [2.75, 3.05) is 25.5 Å². The molecule has 0 spiro atoms. The molecule has 1 rings (SSSR count). The third-order valence-electron chi connectivity index (χ3n) is 4.48. The number of hydrogen-bond acceptors (Lipinski definition) is 3. The van der Waals surface area contributed by atoms with E-state index in [4.69, 9.17) is 0 Å². The van der Waals surface area contributed by atoms with Crippen LogP contribution in [0.4, 0.5) is 5.69 Å². The van der Waals surface area contributed by atoms with Crippen molar-refractivity contribution in [3.8, 4) is 0 Å². The van der Waals surface area contributed by atoms with Gasteiger partial charge in [0.15, 0.2) is 5.96 Å². The van der Waals surface area contributed by atoms with Crippen LogP contribution in [-0.4, -0.2) is 49.0 Å². The lowest BCUT2D eigenvalue weighted by molar-refractivity contribution is -0.116. The van der Waals surface area contributed by atoms with Gasteiger partial charge in [-0.25, -0.2) is 0 Å². The zero-order valence-corrected chi connectivity index (χ0v) is 21.4. The van der Waals surface area contributed by atoms with Crippen LogP contribution < -0.4 is 16.0 Å². The van der Waals surface area contributed by atoms with Crippen LogP contribution in [0.5, 0.6) is 0 Å². The molecule has 0 aliphatic rings. The fraction of sp³-hybridized carbons (Fsp3) is 0.636. The van der Waals surface area contributed by atoms with Crippen molar-refractivity contribution in [1.82, 2.24) is 15.5 Å². The van der Waals surface area contributed by atoms with Gasteiger partial charge in [-0.1, -0.05) is 26.0 Å². The molecule has 0 atom stereocenters. The lowest BCUT2D eigenvalue weighted by Crippen LogP contribution is -2.45. The van der Waals surface area contributed by atoms with E-state index in [0.717, 1.165) is 30.3 Å². The van der Waals surface area contributed by atoms with Gasteiger partial charge in [0.05, 0.1) is 0 Å². The van der Waals surface area contributed by atoms with Crippen LogP contribution in [0.25, 0.3) is 0 Å². The summed E-state index contributed by atoms with van der Waals surface area (Å²) >= 11 is 0. The first-order chi connectivity index (χ1) is 13.2. The zero-order valence-electron chi connectivity index (χ0n) is 19.1. The Morgan fingerprint density at radius 2 is 1.72 bits per heavy atom. The molecule has 0 bridgehead atoms. The number of carbonyl (C=O) groups is 1. The summed E-state index contributed by atoms with van der Waals surface area (Å²) in [5, 5.41) is 9.68. The number of nitrogens with zero attached hydrogens (tertiary/aromatic N) is 2. The van der Waals surface area contributed by atoms with Crippen molar-refractivity contribution in [3.63, 3.8) is 0 Å². The number of amides is 1. The minimum Gasteiger partial charge on any atom is -0.355 e. The second-order valence-corrected chi connectivity index (χ2v) is 8.12. The van der Waals surface area contributed by atoms with Gasteiger partial charge in [-0.15, -0.1) is 24.0 Å². The molecule has 0 fully saturated rings. The van der Waals surface area contributed by atoms with Gasteiger partial charge in [0, 0.05) is 50.9 Å². The lowest BCUT2D eigenvalue weighted by atomic mass is 10.1. The van der Waals surface area contributed by atoms with Gasteiger partial charge in [0.1, 0.15) is 0 Å². The minimum absolute atomic E-state index is 0. The van der Waals surface area contributed by atoms with Crippen molar-refractivity contribution in [2.45, 2.75) is 66.6 Å². The molecule has 0 saturated heterocycles. The molecule has 1 aromatic carbocycles. The van der Waals surface area contributed by atoms with Crippen LogP contribution in [0.15, 0.2) is 29.3 Å². The SMILES string of the molecule is CN=C(NCCN(C(C)C)C(C)C)NCc1cccc(NC(=O)CC(C)C)c1.I. The van der Waals surface area contributed by atoms with Gasteiger partial charge in [-0.2, -0.15) is 0 Å². The number of carbonyl (C=O) groups excluding carboxylic acids is 1. The van der Waals surface area contributed by atoms with Crippen molar-refractivity contribution in [3.05, 3.63) is 29.8 Å². The van der Waals surface area contributed by atoms with E-state index in [1.54, 1.807) is 7.05 Å². The number of rotatable bonds is 10. The molecule has 7 heteroatoms. The quantitative estimate of drug-likeness (QED) is 0.249. The fourth-order valence-electron chi connectivity index (χ4n) is 3.16. The van der Waals surface area contributed by atoms with Gasteiger partial charge in [0.25, 0.3) is 0 Å². The standard InChI is InChI=1S/C22H39N5O.HI/c1-16(2)13-21(28)26-20-10-8-9-19(14-20)15-25-22(23-7)24-11-12-27(17(3)4)18(5)6;/h8-10,14,16-18H,11-13,15H2,1-7H3,(H,26,28)(H2,23,24,25);1H. The van der Waals surface area contributed by atoms with E-state index in [2.05, 4.69) is 53.5 Å². The van der Waals surface area contributed by atoms with Crippen LogP contribution >= 0.6 is 24.0 Å². The van der Waals surface area contributed by atoms with E-state index in [1.807, 2.05) is 38.1 Å². The fourth-order valence-corrected chi connectivity index (χ4v) is 3.16. The van der Waals surface area contributed by atoms with E-state index < -0.39 is 0 Å². The molecule has 0 radical (unpaired) electrons. The summed E-state index contributed by atoms with van der Waals surface area (Å²) in [5.74, 6) is 1.18. The first kappa shape index (κ1) is 27.6. The van der Waals surface area contributed by atoms with E-state index in [0.29, 0.717) is 31.0 Å². The average Bonchev–Trinajstić information content (AvgIpc) is 2.60. The first-order valence-corrected chi connectivity index (χ1v) is 10.3. The highest BCUT2D eigenvalue weighted by Crippen LogP contribution is 2.12.